The average molecular weight is 195 g/mol. The molecule has 1 radical (unpaired) electrons. The van der Waals surface area contributed by atoms with Crippen molar-refractivity contribution < 1.29 is 4.74 Å². The molecule has 0 aromatic heterocycles. The zero-order valence-corrected chi connectivity index (χ0v) is 8.53. The summed E-state index contributed by atoms with van der Waals surface area (Å²) in [6.07, 6.45) is 9.31. The van der Waals surface area contributed by atoms with Crippen LogP contribution in [0.4, 0.5) is 0 Å². The van der Waals surface area contributed by atoms with Crippen LogP contribution in [0.15, 0.2) is 48.1 Å². The van der Waals surface area contributed by atoms with Crippen molar-refractivity contribution in [3.63, 3.8) is 0 Å². The quantitative estimate of drug-likeness (QED) is 0.668. The number of hydrogen-bond donors (Lipinski definition) is 0. The van der Waals surface area contributed by atoms with E-state index in [0.29, 0.717) is 0 Å². The first-order valence-electron chi connectivity index (χ1n) is 5.01. The standard InChI is InChI=1S/C14H11O/c1-15-14-8-4-7-12-11-6-3-2-5-10(11)9-13(12)14/h2-9H,1H3. The Kier molecular flexibility index (Phi) is 1.86. The van der Waals surface area contributed by atoms with E-state index < -0.39 is 0 Å². The first-order valence-corrected chi connectivity index (χ1v) is 5.01. The van der Waals surface area contributed by atoms with Crippen LogP contribution in [0.3, 0.4) is 0 Å². The van der Waals surface area contributed by atoms with Gasteiger partial charge in [-0.3, -0.25) is 0 Å². The molecule has 0 atom stereocenters. The van der Waals surface area contributed by atoms with Crippen molar-refractivity contribution in [2.75, 3.05) is 7.11 Å². The van der Waals surface area contributed by atoms with Crippen LogP contribution in [0.1, 0.15) is 11.1 Å². The molecule has 0 bridgehead atoms. The van der Waals surface area contributed by atoms with Gasteiger partial charge < -0.3 is 4.74 Å². The first kappa shape index (κ1) is 8.69. The van der Waals surface area contributed by atoms with Crippen LogP contribution in [0, 0.1) is 6.10 Å². The Labute approximate surface area is 89.4 Å². The number of ether oxygens (including phenoxy) is 1. The highest BCUT2D eigenvalue weighted by atomic mass is 16.5. The van der Waals surface area contributed by atoms with Crippen molar-refractivity contribution in [3.8, 4) is 0 Å². The molecule has 0 unspecified atom stereocenters. The van der Waals surface area contributed by atoms with Gasteiger partial charge in [0.2, 0.25) is 0 Å². The van der Waals surface area contributed by atoms with Gasteiger partial charge >= 0.3 is 0 Å². The van der Waals surface area contributed by atoms with Gasteiger partial charge in [-0.05, 0) is 34.4 Å². The summed E-state index contributed by atoms with van der Waals surface area (Å²) in [6, 6.07) is 8.42. The molecule has 2 aliphatic carbocycles. The summed E-state index contributed by atoms with van der Waals surface area (Å²) < 4.78 is 5.36. The number of methoxy groups -OCH3 is 1. The molecular weight excluding hydrogens is 184 g/mol. The molecule has 15 heavy (non-hydrogen) atoms. The molecule has 73 valence electrons. The van der Waals surface area contributed by atoms with Gasteiger partial charge in [-0.25, -0.2) is 0 Å². The molecule has 0 aliphatic heterocycles. The molecule has 0 heterocycles. The molecule has 0 fully saturated rings. The molecule has 0 amide bonds. The van der Waals surface area contributed by atoms with Crippen LogP contribution in [0.5, 0.6) is 0 Å². The fourth-order valence-electron chi connectivity index (χ4n) is 2.13. The Hall–Kier alpha value is -1.60. The van der Waals surface area contributed by atoms with Crippen LogP contribution < -0.4 is 0 Å². The summed E-state index contributed by atoms with van der Waals surface area (Å²) in [5, 5.41) is 0. The largest absolute Gasteiger partial charge is 0.366 e. The lowest BCUT2D eigenvalue weighted by molar-refractivity contribution is 0.253. The van der Waals surface area contributed by atoms with Crippen LogP contribution in [-0.2, 0) is 4.74 Å². The summed E-state index contributed by atoms with van der Waals surface area (Å²) in [4.78, 5) is 0. The predicted molar refractivity (Wildman–Crippen MR) is 61.8 cm³/mol. The number of benzene rings is 1. The maximum absolute atomic E-state index is 5.36. The Morgan fingerprint density at radius 3 is 2.80 bits per heavy atom. The van der Waals surface area contributed by atoms with Gasteiger partial charge in [-0.15, -0.1) is 0 Å². The monoisotopic (exact) mass is 195 g/mol. The molecule has 0 N–H and O–H groups in total. The SMILES string of the molecule is CO[C]1C=CC=C2C1=Cc1ccccc12. The molecule has 3 rings (SSSR count). The van der Waals surface area contributed by atoms with Gasteiger partial charge in [-0.2, -0.15) is 0 Å². The van der Waals surface area contributed by atoms with E-state index in [1.807, 2.05) is 12.2 Å². The maximum Gasteiger partial charge on any atom is 0.148 e. The summed E-state index contributed by atoms with van der Waals surface area (Å²) in [5.41, 5.74) is 5.04. The third kappa shape index (κ3) is 1.20. The van der Waals surface area contributed by atoms with E-state index in [1.165, 1.54) is 22.3 Å². The lowest BCUT2D eigenvalue weighted by atomic mass is 9.95. The molecule has 0 saturated carbocycles. The molecule has 1 aromatic carbocycles. The van der Waals surface area contributed by atoms with E-state index in [4.69, 9.17) is 4.74 Å². The molecule has 1 heteroatoms. The van der Waals surface area contributed by atoms with Crippen molar-refractivity contribution in [1.82, 2.24) is 0 Å². The predicted octanol–water partition coefficient (Wildman–Crippen LogP) is 3.22. The van der Waals surface area contributed by atoms with Crippen molar-refractivity contribution >= 4 is 11.6 Å². The van der Waals surface area contributed by atoms with E-state index >= 15 is 0 Å². The van der Waals surface area contributed by atoms with Crippen molar-refractivity contribution in [3.05, 3.63) is 65.3 Å². The molecule has 0 spiro atoms. The number of hydrogen-bond acceptors (Lipinski definition) is 1. The van der Waals surface area contributed by atoms with E-state index in [-0.39, 0.29) is 0 Å². The molecule has 2 aliphatic rings. The van der Waals surface area contributed by atoms with Crippen molar-refractivity contribution in [2.45, 2.75) is 0 Å². The summed E-state index contributed by atoms with van der Waals surface area (Å²) >= 11 is 0. The number of rotatable bonds is 1. The molecule has 1 nitrogen and oxygen atoms in total. The van der Waals surface area contributed by atoms with Crippen LogP contribution >= 0.6 is 0 Å². The number of fused-ring (bicyclic) bond motifs is 3. The average Bonchev–Trinajstić information content (AvgIpc) is 2.67. The highest BCUT2D eigenvalue weighted by Gasteiger charge is 2.25. The van der Waals surface area contributed by atoms with Crippen molar-refractivity contribution in [1.29, 1.82) is 0 Å². The van der Waals surface area contributed by atoms with E-state index in [1.54, 1.807) is 7.11 Å². The zero-order chi connectivity index (χ0) is 10.3. The summed E-state index contributed by atoms with van der Waals surface area (Å²) in [6.45, 7) is 0. The minimum Gasteiger partial charge on any atom is -0.366 e. The van der Waals surface area contributed by atoms with Crippen LogP contribution in [0.2, 0.25) is 0 Å². The Morgan fingerprint density at radius 1 is 1.07 bits per heavy atom. The van der Waals surface area contributed by atoms with E-state index in [0.717, 1.165) is 6.10 Å². The maximum atomic E-state index is 5.36. The summed E-state index contributed by atoms with van der Waals surface area (Å²) in [7, 11) is 1.71. The normalized spacial score (nSPS) is 18.2. The number of allylic oxidation sites excluding steroid dienone is 2. The minimum atomic E-state index is 0.948. The topological polar surface area (TPSA) is 9.23 Å². The Balaban J connectivity index is 2.16. The van der Waals surface area contributed by atoms with Gasteiger partial charge in [0.25, 0.3) is 0 Å². The second-order valence-corrected chi connectivity index (χ2v) is 3.65. The second-order valence-electron chi connectivity index (χ2n) is 3.65. The van der Waals surface area contributed by atoms with Gasteiger partial charge in [0, 0.05) is 7.11 Å². The Bertz CT molecular complexity index is 492. The summed E-state index contributed by atoms with van der Waals surface area (Å²) in [5.74, 6) is 0. The van der Waals surface area contributed by atoms with Gasteiger partial charge in [0.05, 0.1) is 0 Å². The van der Waals surface area contributed by atoms with Gasteiger partial charge in [0.1, 0.15) is 6.10 Å². The highest BCUT2D eigenvalue weighted by molar-refractivity contribution is 5.98. The molecule has 0 saturated heterocycles. The fraction of sp³-hybridized carbons (Fsp3) is 0.0714. The zero-order valence-electron chi connectivity index (χ0n) is 8.53. The smallest absolute Gasteiger partial charge is 0.148 e. The second kappa shape index (κ2) is 3.21. The minimum absolute atomic E-state index is 0.948. The molecule has 1 aromatic rings. The highest BCUT2D eigenvalue weighted by Crippen LogP contribution is 2.42. The van der Waals surface area contributed by atoms with Crippen LogP contribution in [-0.4, -0.2) is 7.11 Å². The lowest BCUT2D eigenvalue weighted by Gasteiger charge is -2.16. The fourth-order valence-corrected chi connectivity index (χ4v) is 2.13. The van der Waals surface area contributed by atoms with Gasteiger partial charge in [0.15, 0.2) is 0 Å². The van der Waals surface area contributed by atoms with Gasteiger partial charge in [-0.1, -0.05) is 36.4 Å². The van der Waals surface area contributed by atoms with Crippen molar-refractivity contribution in [2.24, 2.45) is 0 Å². The van der Waals surface area contributed by atoms with E-state index in [9.17, 15) is 0 Å². The van der Waals surface area contributed by atoms with Crippen LogP contribution in [0.25, 0.3) is 11.6 Å². The lowest BCUT2D eigenvalue weighted by Crippen LogP contribution is -2.03. The molecular formula is C14H11O. The third-order valence-corrected chi connectivity index (χ3v) is 2.84. The first-order chi connectivity index (χ1) is 7.40. The van der Waals surface area contributed by atoms with E-state index in [2.05, 4.69) is 36.4 Å². The Morgan fingerprint density at radius 2 is 1.93 bits per heavy atom. The third-order valence-electron chi connectivity index (χ3n) is 2.84.